The molecular weight excluding hydrogens is 176 g/mol. The maximum atomic E-state index is 5.58. The van der Waals surface area contributed by atoms with E-state index in [0.717, 1.165) is 11.7 Å². The van der Waals surface area contributed by atoms with Crippen LogP contribution in [0.4, 0.5) is 0 Å². The molecule has 3 unspecified atom stereocenters. The minimum atomic E-state index is 0.190. The van der Waals surface area contributed by atoms with Crippen molar-refractivity contribution in [2.24, 2.45) is 17.7 Å². The van der Waals surface area contributed by atoms with Crippen molar-refractivity contribution in [1.82, 2.24) is 5.43 Å². The second-order valence-electron chi connectivity index (χ2n) is 4.34. The Bertz CT molecular complexity index is 271. The lowest BCUT2D eigenvalue weighted by Gasteiger charge is -2.20. The van der Waals surface area contributed by atoms with Crippen molar-refractivity contribution in [2.75, 3.05) is 0 Å². The van der Waals surface area contributed by atoms with E-state index in [1.807, 2.05) is 12.1 Å². The summed E-state index contributed by atoms with van der Waals surface area (Å²) >= 11 is 0. The van der Waals surface area contributed by atoms with Gasteiger partial charge in [-0.05, 0) is 36.8 Å². The lowest BCUT2D eigenvalue weighted by atomic mass is 9.95. The maximum Gasteiger partial charge on any atom is 0.122 e. The van der Waals surface area contributed by atoms with E-state index in [4.69, 9.17) is 10.3 Å². The van der Waals surface area contributed by atoms with E-state index < -0.39 is 0 Å². The molecule has 3 N–H and O–H groups in total. The van der Waals surface area contributed by atoms with Crippen LogP contribution in [0.3, 0.4) is 0 Å². The number of nitrogens with one attached hydrogen (secondary N) is 1. The van der Waals surface area contributed by atoms with E-state index in [-0.39, 0.29) is 6.04 Å². The van der Waals surface area contributed by atoms with Crippen molar-refractivity contribution in [3.8, 4) is 0 Å². The van der Waals surface area contributed by atoms with Gasteiger partial charge in [0.2, 0.25) is 0 Å². The number of hydrogen-bond donors (Lipinski definition) is 2. The molecule has 1 aliphatic carbocycles. The predicted octanol–water partition coefficient (Wildman–Crippen LogP) is 2.22. The fourth-order valence-corrected chi connectivity index (χ4v) is 2.47. The highest BCUT2D eigenvalue weighted by atomic mass is 16.3. The Morgan fingerprint density at radius 3 is 2.93 bits per heavy atom. The summed E-state index contributed by atoms with van der Waals surface area (Å²) in [6.45, 7) is 2.30. The number of hydrazine groups is 1. The van der Waals surface area contributed by atoms with E-state index >= 15 is 0 Å². The summed E-state index contributed by atoms with van der Waals surface area (Å²) in [4.78, 5) is 0. The standard InChI is InChI=1S/C11H18N2O/c1-8-4-5-9(7-8)11(13-12)10-3-2-6-14-10/h2-3,6,8-9,11,13H,4-5,7,12H2,1H3. The topological polar surface area (TPSA) is 51.2 Å². The van der Waals surface area contributed by atoms with Gasteiger partial charge in [-0.2, -0.15) is 0 Å². The molecule has 0 spiro atoms. The van der Waals surface area contributed by atoms with Gasteiger partial charge in [-0.15, -0.1) is 0 Å². The maximum absolute atomic E-state index is 5.58. The SMILES string of the molecule is CC1CCC(C(NN)c2ccco2)C1. The summed E-state index contributed by atoms with van der Waals surface area (Å²) in [5.74, 6) is 7.99. The van der Waals surface area contributed by atoms with Crippen LogP contribution in [-0.4, -0.2) is 0 Å². The van der Waals surface area contributed by atoms with Crippen molar-refractivity contribution in [2.45, 2.75) is 32.2 Å². The molecule has 0 saturated heterocycles. The van der Waals surface area contributed by atoms with Crippen LogP contribution < -0.4 is 11.3 Å². The number of hydrogen-bond acceptors (Lipinski definition) is 3. The Hall–Kier alpha value is -0.800. The summed E-state index contributed by atoms with van der Waals surface area (Å²) < 4.78 is 5.39. The van der Waals surface area contributed by atoms with Crippen molar-refractivity contribution >= 4 is 0 Å². The van der Waals surface area contributed by atoms with Gasteiger partial charge in [0.05, 0.1) is 12.3 Å². The molecule has 3 heteroatoms. The zero-order valence-corrected chi connectivity index (χ0v) is 8.57. The third kappa shape index (κ3) is 1.83. The van der Waals surface area contributed by atoms with E-state index in [2.05, 4.69) is 12.3 Å². The zero-order valence-electron chi connectivity index (χ0n) is 8.57. The molecule has 78 valence electrons. The smallest absolute Gasteiger partial charge is 0.122 e. The molecule has 0 aliphatic heterocycles. The molecular formula is C11H18N2O. The van der Waals surface area contributed by atoms with E-state index in [1.54, 1.807) is 6.26 Å². The molecule has 1 saturated carbocycles. The van der Waals surface area contributed by atoms with Crippen molar-refractivity contribution in [3.63, 3.8) is 0 Å². The van der Waals surface area contributed by atoms with Crippen LogP contribution in [0.5, 0.6) is 0 Å². The highest BCUT2D eigenvalue weighted by Gasteiger charge is 2.30. The molecule has 0 aromatic carbocycles. The van der Waals surface area contributed by atoms with Gasteiger partial charge >= 0.3 is 0 Å². The minimum absolute atomic E-state index is 0.190. The Labute approximate surface area is 84.6 Å². The van der Waals surface area contributed by atoms with Gasteiger partial charge in [-0.1, -0.05) is 13.3 Å². The first-order chi connectivity index (χ1) is 6.81. The monoisotopic (exact) mass is 194 g/mol. The van der Waals surface area contributed by atoms with Crippen LogP contribution in [0.2, 0.25) is 0 Å². The van der Waals surface area contributed by atoms with Gasteiger partial charge in [-0.3, -0.25) is 5.84 Å². The van der Waals surface area contributed by atoms with Crippen LogP contribution >= 0.6 is 0 Å². The second kappa shape index (κ2) is 4.15. The predicted molar refractivity (Wildman–Crippen MR) is 55.3 cm³/mol. The first kappa shape index (κ1) is 9.74. The first-order valence-corrected chi connectivity index (χ1v) is 5.30. The zero-order chi connectivity index (χ0) is 9.97. The normalized spacial score (nSPS) is 29.3. The van der Waals surface area contributed by atoms with Gasteiger partial charge in [0.25, 0.3) is 0 Å². The van der Waals surface area contributed by atoms with Crippen molar-refractivity contribution in [1.29, 1.82) is 0 Å². The highest BCUT2D eigenvalue weighted by molar-refractivity contribution is 5.06. The molecule has 3 atom stereocenters. The molecule has 3 nitrogen and oxygen atoms in total. The number of furan rings is 1. The molecule has 0 radical (unpaired) electrons. The summed E-state index contributed by atoms with van der Waals surface area (Å²) in [6, 6.07) is 4.10. The average Bonchev–Trinajstić information content (AvgIpc) is 2.79. The lowest BCUT2D eigenvalue weighted by molar-refractivity contribution is 0.310. The molecule has 0 bridgehead atoms. The van der Waals surface area contributed by atoms with Crippen LogP contribution in [0, 0.1) is 11.8 Å². The summed E-state index contributed by atoms with van der Waals surface area (Å²) in [7, 11) is 0. The molecule has 1 aliphatic rings. The van der Waals surface area contributed by atoms with E-state index in [9.17, 15) is 0 Å². The Morgan fingerprint density at radius 1 is 1.57 bits per heavy atom. The molecule has 1 aromatic rings. The van der Waals surface area contributed by atoms with Gasteiger partial charge < -0.3 is 4.42 Å². The van der Waals surface area contributed by atoms with Gasteiger partial charge in [0.15, 0.2) is 0 Å². The van der Waals surface area contributed by atoms with Crippen LogP contribution in [0.15, 0.2) is 22.8 Å². The summed E-state index contributed by atoms with van der Waals surface area (Å²) in [5.41, 5.74) is 2.87. The summed E-state index contributed by atoms with van der Waals surface area (Å²) in [5, 5.41) is 0. The lowest BCUT2D eigenvalue weighted by Crippen LogP contribution is -2.32. The Balaban J connectivity index is 2.07. The third-order valence-electron chi connectivity index (χ3n) is 3.24. The van der Waals surface area contributed by atoms with Gasteiger partial charge in [0.1, 0.15) is 5.76 Å². The largest absolute Gasteiger partial charge is 0.468 e. The van der Waals surface area contributed by atoms with Gasteiger partial charge in [0, 0.05) is 0 Å². The molecule has 1 aromatic heterocycles. The highest BCUT2D eigenvalue weighted by Crippen LogP contribution is 2.38. The minimum Gasteiger partial charge on any atom is -0.468 e. The first-order valence-electron chi connectivity index (χ1n) is 5.30. The number of rotatable bonds is 3. The van der Waals surface area contributed by atoms with E-state index in [1.165, 1.54) is 19.3 Å². The Morgan fingerprint density at radius 2 is 2.43 bits per heavy atom. The van der Waals surface area contributed by atoms with Crippen LogP contribution in [-0.2, 0) is 0 Å². The van der Waals surface area contributed by atoms with Gasteiger partial charge in [-0.25, -0.2) is 5.43 Å². The van der Waals surface area contributed by atoms with Crippen molar-refractivity contribution in [3.05, 3.63) is 24.2 Å². The fraction of sp³-hybridized carbons (Fsp3) is 0.636. The summed E-state index contributed by atoms with van der Waals surface area (Å²) in [6.07, 6.45) is 5.51. The molecule has 1 fully saturated rings. The second-order valence-corrected chi connectivity index (χ2v) is 4.34. The average molecular weight is 194 g/mol. The molecule has 14 heavy (non-hydrogen) atoms. The third-order valence-corrected chi connectivity index (χ3v) is 3.24. The molecule has 1 heterocycles. The molecule has 0 amide bonds. The van der Waals surface area contributed by atoms with Crippen LogP contribution in [0.25, 0.3) is 0 Å². The fourth-order valence-electron chi connectivity index (χ4n) is 2.47. The number of nitrogens with two attached hydrogens (primary N) is 1. The van der Waals surface area contributed by atoms with Crippen molar-refractivity contribution < 1.29 is 4.42 Å². The Kier molecular flexibility index (Phi) is 2.89. The van der Waals surface area contributed by atoms with Crippen LogP contribution in [0.1, 0.15) is 38.0 Å². The quantitative estimate of drug-likeness (QED) is 0.573. The van der Waals surface area contributed by atoms with E-state index in [0.29, 0.717) is 5.92 Å². The molecule has 2 rings (SSSR count).